The lowest BCUT2D eigenvalue weighted by Crippen LogP contribution is -3.35. The largest absolute Gasteiger partial charge is 0.797 e. The third kappa shape index (κ3) is 1.60. The molecule has 1 aliphatic carbocycles. The summed E-state index contributed by atoms with van der Waals surface area (Å²) in [6, 6.07) is 0. The first kappa shape index (κ1) is 8.41. The SMILES string of the molecule is [I-]CC1C=CC2=C(C1)NCCO2. The molecule has 2 nitrogen and oxygen atoms in total. The second kappa shape index (κ2) is 3.68. The minimum Gasteiger partial charge on any atom is -0.797 e. The van der Waals surface area contributed by atoms with Crippen molar-refractivity contribution in [1.82, 2.24) is 5.32 Å². The molecule has 1 heterocycles. The van der Waals surface area contributed by atoms with Crippen molar-refractivity contribution in [2.24, 2.45) is 5.92 Å². The molecule has 0 bridgehead atoms. The predicted octanol–water partition coefficient (Wildman–Crippen LogP) is -2.05. The number of ether oxygens (including phenoxy) is 1. The van der Waals surface area contributed by atoms with Crippen molar-refractivity contribution < 1.29 is 27.3 Å². The zero-order valence-electron chi connectivity index (χ0n) is 6.85. The van der Waals surface area contributed by atoms with Gasteiger partial charge in [-0.1, -0.05) is 6.08 Å². The molecule has 0 fully saturated rings. The Balaban J connectivity index is 2.12. The predicted molar refractivity (Wildman–Crippen MR) is 43.1 cm³/mol. The molecule has 0 amide bonds. The van der Waals surface area contributed by atoms with Crippen LogP contribution in [0.4, 0.5) is 0 Å². The van der Waals surface area contributed by atoms with E-state index in [0.717, 1.165) is 25.3 Å². The Kier molecular flexibility index (Phi) is 2.58. The van der Waals surface area contributed by atoms with E-state index in [2.05, 4.69) is 40.1 Å². The van der Waals surface area contributed by atoms with Crippen LogP contribution >= 0.6 is 0 Å². The Morgan fingerprint density at radius 1 is 1.67 bits per heavy atom. The van der Waals surface area contributed by atoms with E-state index >= 15 is 0 Å². The standard InChI is InChI=1S/C9H12INO/c10-6-7-1-2-9-8(5-7)11-3-4-12-9/h1-2,7,11H,3-6H2/q-1. The van der Waals surface area contributed by atoms with Gasteiger partial charge in [-0.05, 0) is 18.4 Å². The molecule has 2 aliphatic rings. The normalized spacial score (nSPS) is 27.6. The Labute approximate surface area is 86.2 Å². The lowest BCUT2D eigenvalue weighted by Gasteiger charge is -2.28. The lowest BCUT2D eigenvalue weighted by molar-refractivity contribution is -0.375. The van der Waals surface area contributed by atoms with E-state index in [0.29, 0.717) is 5.92 Å². The lowest BCUT2D eigenvalue weighted by atomic mass is 9.99. The fourth-order valence-electron chi connectivity index (χ4n) is 1.52. The maximum Gasteiger partial charge on any atom is 0.137 e. The number of allylic oxidation sites excluding steroid dienone is 3. The first-order valence-corrected chi connectivity index (χ1v) is 5.76. The van der Waals surface area contributed by atoms with Crippen LogP contribution in [0.25, 0.3) is 0 Å². The molecule has 0 aromatic carbocycles. The Bertz CT molecular complexity index is 235. The van der Waals surface area contributed by atoms with Gasteiger partial charge in [0.1, 0.15) is 12.4 Å². The van der Waals surface area contributed by atoms with E-state index in [4.69, 9.17) is 4.74 Å². The molecule has 12 heavy (non-hydrogen) atoms. The number of hydrogen-bond acceptors (Lipinski definition) is 2. The summed E-state index contributed by atoms with van der Waals surface area (Å²) >= 11 is 2.43. The van der Waals surface area contributed by atoms with Gasteiger partial charge < -0.3 is 32.6 Å². The summed E-state index contributed by atoms with van der Waals surface area (Å²) in [5.74, 6) is 1.75. The topological polar surface area (TPSA) is 21.3 Å². The van der Waals surface area contributed by atoms with Crippen molar-refractivity contribution in [3.63, 3.8) is 0 Å². The molecular weight excluding hydrogens is 265 g/mol. The van der Waals surface area contributed by atoms with Crippen LogP contribution in [0, 0.1) is 5.92 Å². The van der Waals surface area contributed by atoms with Gasteiger partial charge >= 0.3 is 0 Å². The maximum absolute atomic E-state index is 5.50. The van der Waals surface area contributed by atoms with Gasteiger partial charge in [-0.3, -0.25) is 0 Å². The maximum atomic E-state index is 5.50. The van der Waals surface area contributed by atoms with Crippen LogP contribution in [0.1, 0.15) is 6.42 Å². The summed E-state index contributed by atoms with van der Waals surface area (Å²) in [5.41, 5.74) is 1.30. The summed E-state index contributed by atoms with van der Waals surface area (Å²) in [5, 5.41) is 3.39. The highest BCUT2D eigenvalue weighted by atomic mass is 127. The second-order valence-corrected chi connectivity index (χ2v) is 3.98. The molecule has 1 radical (unpaired) electrons. The highest BCUT2D eigenvalue weighted by Crippen LogP contribution is 2.23. The van der Waals surface area contributed by atoms with Gasteiger partial charge in [0.05, 0.1) is 5.70 Å². The summed E-state index contributed by atoms with van der Waals surface area (Å²) < 4.78 is 6.69. The van der Waals surface area contributed by atoms with E-state index in [-0.39, 0.29) is 0 Å². The summed E-state index contributed by atoms with van der Waals surface area (Å²) in [6.07, 6.45) is 5.47. The zero-order valence-corrected chi connectivity index (χ0v) is 9.00. The molecule has 1 N–H and O–H groups in total. The molecular formula is C9H12INO-. The van der Waals surface area contributed by atoms with Gasteiger partial charge in [0.2, 0.25) is 0 Å². The highest BCUT2D eigenvalue weighted by Gasteiger charge is 2.17. The van der Waals surface area contributed by atoms with Crippen LogP contribution in [0.3, 0.4) is 0 Å². The van der Waals surface area contributed by atoms with Gasteiger partial charge in [0.15, 0.2) is 0 Å². The molecule has 1 unspecified atom stereocenters. The van der Waals surface area contributed by atoms with Crippen LogP contribution < -0.4 is 27.9 Å². The number of hydrogen-bond donors (Lipinski definition) is 1. The molecule has 1 atom stereocenters. The zero-order chi connectivity index (χ0) is 8.39. The monoisotopic (exact) mass is 277 g/mol. The van der Waals surface area contributed by atoms with E-state index in [1.165, 1.54) is 10.1 Å². The molecule has 1 aliphatic heterocycles. The number of rotatable bonds is 1. The van der Waals surface area contributed by atoms with Crippen LogP contribution in [-0.4, -0.2) is 17.6 Å². The minimum atomic E-state index is 0.693. The van der Waals surface area contributed by atoms with Crippen LogP contribution in [0.15, 0.2) is 23.6 Å². The van der Waals surface area contributed by atoms with Gasteiger partial charge in [-0.15, -0.1) is 0 Å². The van der Waals surface area contributed by atoms with Crippen LogP contribution in [0.2, 0.25) is 0 Å². The van der Waals surface area contributed by atoms with Crippen molar-refractivity contribution in [2.75, 3.05) is 17.6 Å². The van der Waals surface area contributed by atoms with Crippen LogP contribution in [-0.2, 0) is 4.74 Å². The number of halogens is 1. The van der Waals surface area contributed by atoms with E-state index in [1.54, 1.807) is 0 Å². The average Bonchev–Trinajstić information content (AvgIpc) is 2.17. The van der Waals surface area contributed by atoms with E-state index in [9.17, 15) is 0 Å². The minimum absolute atomic E-state index is 0.693. The average molecular weight is 277 g/mol. The number of nitrogens with one attached hydrogen (secondary N) is 1. The van der Waals surface area contributed by atoms with Gasteiger partial charge in [-0.25, -0.2) is 0 Å². The molecule has 3 heteroatoms. The molecule has 0 aromatic heterocycles. The molecule has 0 spiro atoms. The van der Waals surface area contributed by atoms with Crippen molar-refractivity contribution in [1.29, 1.82) is 0 Å². The van der Waals surface area contributed by atoms with Gasteiger partial charge in [0, 0.05) is 6.54 Å². The van der Waals surface area contributed by atoms with E-state index < -0.39 is 0 Å². The third-order valence-electron chi connectivity index (χ3n) is 2.18. The second-order valence-electron chi connectivity index (χ2n) is 3.10. The highest BCUT2D eigenvalue weighted by molar-refractivity contribution is 5.26. The molecule has 67 valence electrons. The van der Waals surface area contributed by atoms with Gasteiger partial charge in [0.25, 0.3) is 0 Å². The third-order valence-corrected chi connectivity index (χ3v) is 3.31. The smallest absolute Gasteiger partial charge is 0.137 e. The Morgan fingerprint density at radius 2 is 2.58 bits per heavy atom. The summed E-state index contributed by atoms with van der Waals surface area (Å²) in [4.78, 5) is 0. The molecule has 0 saturated carbocycles. The Hall–Kier alpha value is -0.190. The van der Waals surface area contributed by atoms with Gasteiger partial charge in [-0.2, -0.15) is 4.43 Å². The fraction of sp³-hybridized carbons (Fsp3) is 0.556. The number of alkyl halides is 1. The first-order chi connectivity index (χ1) is 5.90. The van der Waals surface area contributed by atoms with Crippen molar-refractivity contribution >= 4 is 0 Å². The van der Waals surface area contributed by atoms with Crippen molar-refractivity contribution in [2.45, 2.75) is 6.42 Å². The molecule has 2 rings (SSSR count). The van der Waals surface area contributed by atoms with Crippen molar-refractivity contribution in [3.05, 3.63) is 23.6 Å². The molecule has 0 aromatic rings. The van der Waals surface area contributed by atoms with E-state index in [1.807, 2.05) is 0 Å². The fourth-order valence-corrected chi connectivity index (χ4v) is 2.12. The molecule has 0 saturated heterocycles. The first-order valence-electron chi connectivity index (χ1n) is 4.24. The quantitative estimate of drug-likeness (QED) is 0.440. The summed E-state index contributed by atoms with van der Waals surface area (Å²) in [7, 11) is 0. The van der Waals surface area contributed by atoms with Crippen LogP contribution in [0.5, 0.6) is 0 Å². The summed E-state index contributed by atoms with van der Waals surface area (Å²) in [6.45, 7) is 1.76. The van der Waals surface area contributed by atoms with Crippen molar-refractivity contribution in [3.8, 4) is 0 Å². The Morgan fingerprint density at radius 3 is 3.42 bits per heavy atom.